The van der Waals surface area contributed by atoms with E-state index in [0.717, 1.165) is 12.8 Å². The number of anilines is 2. The number of urea groups is 1. The van der Waals surface area contributed by atoms with Crippen molar-refractivity contribution in [2.75, 3.05) is 30.4 Å². The summed E-state index contributed by atoms with van der Waals surface area (Å²) >= 11 is 0. The Balaban J connectivity index is 1.47. The van der Waals surface area contributed by atoms with Gasteiger partial charge in [-0.2, -0.15) is 4.98 Å². The minimum atomic E-state index is -0.233. The Bertz CT molecular complexity index is 1090. The van der Waals surface area contributed by atoms with Crippen LogP contribution in [0, 0.1) is 0 Å². The van der Waals surface area contributed by atoms with Gasteiger partial charge in [0, 0.05) is 42.6 Å². The SMILES string of the molecule is COc1ccnc(N2CCC(N(Cc3ccco3)C(=O)Nc3cccc(C(C)=O)c3)CC2)n1. The first-order chi connectivity index (χ1) is 16.0. The van der Waals surface area contributed by atoms with E-state index in [1.807, 2.05) is 12.1 Å². The van der Waals surface area contributed by atoms with Crippen LogP contribution < -0.4 is 15.0 Å². The summed E-state index contributed by atoms with van der Waals surface area (Å²) in [6, 6.07) is 12.1. The molecule has 1 aromatic carbocycles. The van der Waals surface area contributed by atoms with Crippen LogP contribution in [0.1, 0.15) is 35.9 Å². The molecule has 0 saturated carbocycles. The Morgan fingerprint density at radius 1 is 1.21 bits per heavy atom. The molecule has 0 radical (unpaired) electrons. The normalized spacial score (nSPS) is 14.1. The van der Waals surface area contributed by atoms with Crippen LogP contribution in [-0.4, -0.2) is 52.9 Å². The van der Waals surface area contributed by atoms with Gasteiger partial charge < -0.3 is 24.3 Å². The highest BCUT2D eigenvalue weighted by atomic mass is 16.5. The first kappa shape index (κ1) is 22.3. The van der Waals surface area contributed by atoms with E-state index in [9.17, 15) is 9.59 Å². The molecule has 1 fully saturated rings. The number of ketones is 1. The summed E-state index contributed by atoms with van der Waals surface area (Å²) in [4.78, 5) is 37.7. The highest BCUT2D eigenvalue weighted by Gasteiger charge is 2.30. The molecule has 0 unspecified atom stereocenters. The molecule has 0 aliphatic carbocycles. The van der Waals surface area contributed by atoms with E-state index < -0.39 is 0 Å². The number of nitrogens with zero attached hydrogens (tertiary/aromatic N) is 4. The smallest absolute Gasteiger partial charge is 0.322 e. The first-order valence-electron chi connectivity index (χ1n) is 10.9. The lowest BCUT2D eigenvalue weighted by molar-refractivity contribution is 0.101. The number of rotatable bonds is 7. The maximum Gasteiger partial charge on any atom is 0.322 e. The number of furan rings is 1. The molecule has 33 heavy (non-hydrogen) atoms. The number of benzene rings is 1. The zero-order valence-corrected chi connectivity index (χ0v) is 18.7. The molecule has 9 heteroatoms. The van der Waals surface area contributed by atoms with E-state index in [1.165, 1.54) is 6.92 Å². The first-order valence-corrected chi connectivity index (χ1v) is 10.9. The van der Waals surface area contributed by atoms with E-state index in [-0.39, 0.29) is 17.9 Å². The van der Waals surface area contributed by atoms with E-state index in [4.69, 9.17) is 9.15 Å². The lowest BCUT2D eigenvalue weighted by Crippen LogP contribution is -2.48. The van der Waals surface area contributed by atoms with Gasteiger partial charge in [-0.3, -0.25) is 4.79 Å². The molecule has 1 saturated heterocycles. The number of hydrogen-bond acceptors (Lipinski definition) is 7. The molecule has 0 atom stereocenters. The third-order valence-corrected chi connectivity index (χ3v) is 5.70. The number of piperidine rings is 1. The van der Waals surface area contributed by atoms with Gasteiger partial charge in [-0.1, -0.05) is 12.1 Å². The fraction of sp³-hybridized carbons (Fsp3) is 0.333. The third kappa shape index (κ3) is 5.49. The molecule has 2 amide bonds. The molecular weight excluding hydrogens is 422 g/mol. The van der Waals surface area contributed by atoms with Crippen molar-refractivity contribution in [1.82, 2.24) is 14.9 Å². The van der Waals surface area contributed by atoms with Crippen molar-refractivity contribution >= 4 is 23.5 Å². The Kier molecular flexibility index (Phi) is 6.87. The minimum Gasteiger partial charge on any atom is -0.481 e. The average molecular weight is 450 g/mol. The van der Waals surface area contributed by atoms with Crippen LogP contribution in [0.25, 0.3) is 0 Å². The van der Waals surface area contributed by atoms with Gasteiger partial charge in [0.15, 0.2) is 5.78 Å². The number of nitrogens with one attached hydrogen (secondary N) is 1. The summed E-state index contributed by atoms with van der Waals surface area (Å²) in [5, 5.41) is 2.94. The van der Waals surface area contributed by atoms with Gasteiger partial charge in [-0.05, 0) is 44.0 Å². The average Bonchev–Trinajstić information content (AvgIpc) is 3.36. The third-order valence-electron chi connectivity index (χ3n) is 5.70. The fourth-order valence-corrected chi connectivity index (χ4v) is 3.92. The summed E-state index contributed by atoms with van der Waals surface area (Å²) in [5.74, 6) is 1.80. The van der Waals surface area contributed by atoms with Crippen molar-refractivity contribution in [2.45, 2.75) is 32.4 Å². The molecule has 3 heterocycles. The predicted molar refractivity (Wildman–Crippen MR) is 124 cm³/mol. The second kappa shape index (κ2) is 10.2. The molecule has 2 aromatic heterocycles. The number of ether oxygens (including phenoxy) is 1. The van der Waals surface area contributed by atoms with Crippen molar-refractivity contribution in [3.8, 4) is 5.88 Å². The number of methoxy groups -OCH3 is 1. The van der Waals surface area contributed by atoms with Gasteiger partial charge in [0.1, 0.15) is 5.76 Å². The van der Waals surface area contributed by atoms with Crippen LogP contribution in [0.4, 0.5) is 16.4 Å². The monoisotopic (exact) mass is 449 g/mol. The Labute approximate surface area is 192 Å². The Morgan fingerprint density at radius 2 is 2.03 bits per heavy atom. The van der Waals surface area contributed by atoms with Gasteiger partial charge in [0.05, 0.1) is 19.9 Å². The van der Waals surface area contributed by atoms with Crippen LogP contribution in [0.2, 0.25) is 0 Å². The Morgan fingerprint density at radius 3 is 2.73 bits per heavy atom. The molecule has 0 bridgehead atoms. The fourth-order valence-electron chi connectivity index (χ4n) is 3.92. The van der Waals surface area contributed by atoms with Crippen LogP contribution in [0.15, 0.2) is 59.3 Å². The number of carbonyl (C=O) groups is 2. The maximum absolute atomic E-state index is 13.3. The molecule has 1 aliphatic heterocycles. The zero-order valence-electron chi connectivity index (χ0n) is 18.7. The molecular formula is C24H27N5O4. The van der Waals surface area contributed by atoms with Crippen molar-refractivity contribution in [2.24, 2.45) is 0 Å². The number of Topliss-reactive ketones (excluding diaryl/α,β-unsaturated/α-hetero) is 1. The number of amides is 2. The molecule has 1 N–H and O–H groups in total. The highest BCUT2D eigenvalue weighted by molar-refractivity contribution is 5.96. The predicted octanol–water partition coefficient (Wildman–Crippen LogP) is 3.98. The van der Waals surface area contributed by atoms with Crippen LogP contribution in [0.5, 0.6) is 5.88 Å². The van der Waals surface area contributed by atoms with E-state index in [0.29, 0.717) is 48.5 Å². The number of carbonyl (C=O) groups excluding carboxylic acids is 2. The van der Waals surface area contributed by atoms with Gasteiger partial charge in [0.2, 0.25) is 11.8 Å². The van der Waals surface area contributed by atoms with Crippen LogP contribution in [-0.2, 0) is 6.54 Å². The number of hydrogen-bond donors (Lipinski definition) is 1. The molecule has 3 aromatic rings. The maximum atomic E-state index is 13.3. The summed E-state index contributed by atoms with van der Waals surface area (Å²) in [5.41, 5.74) is 1.14. The van der Waals surface area contributed by atoms with Gasteiger partial charge >= 0.3 is 6.03 Å². The highest BCUT2D eigenvalue weighted by Crippen LogP contribution is 2.24. The minimum absolute atomic E-state index is 0.00736. The van der Waals surface area contributed by atoms with Crippen LogP contribution in [0.3, 0.4) is 0 Å². The lowest BCUT2D eigenvalue weighted by atomic mass is 10.0. The summed E-state index contributed by atoms with van der Waals surface area (Å²) in [6.45, 7) is 3.27. The van der Waals surface area contributed by atoms with Crippen molar-refractivity contribution in [1.29, 1.82) is 0 Å². The second-order valence-corrected chi connectivity index (χ2v) is 7.89. The molecule has 1 aliphatic rings. The molecule has 172 valence electrons. The zero-order chi connectivity index (χ0) is 23.2. The van der Waals surface area contributed by atoms with Crippen molar-refractivity contribution in [3.05, 3.63) is 66.2 Å². The quantitative estimate of drug-likeness (QED) is 0.545. The Hall–Kier alpha value is -3.88. The van der Waals surface area contributed by atoms with Crippen molar-refractivity contribution < 1.29 is 18.7 Å². The summed E-state index contributed by atoms with van der Waals surface area (Å²) in [7, 11) is 1.58. The topological polar surface area (TPSA) is 101 Å². The van der Waals surface area contributed by atoms with Gasteiger partial charge in [-0.25, -0.2) is 9.78 Å². The molecule has 9 nitrogen and oxygen atoms in total. The molecule has 0 spiro atoms. The second-order valence-electron chi connectivity index (χ2n) is 7.89. The van der Waals surface area contributed by atoms with E-state index in [2.05, 4.69) is 20.2 Å². The largest absolute Gasteiger partial charge is 0.481 e. The standard InChI is InChI=1S/C24H27N5O4/c1-17(30)18-5-3-6-19(15-18)26-24(31)29(16-21-7-4-14-33-21)20-9-12-28(13-10-20)23-25-11-8-22(27-23)32-2/h3-8,11,14-15,20H,9-10,12-13,16H2,1-2H3,(H,26,31). The van der Waals surface area contributed by atoms with E-state index >= 15 is 0 Å². The number of aromatic nitrogens is 2. The lowest BCUT2D eigenvalue weighted by Gasteiger charge is -2.38. The summed E-state index contributed by atoms with van der Waals surface area (Å²) in [6.07, 6.45) is 4.79. The summed E-state index contributed by atoms with van der Waals surface area (Å²) < 4.78 is 10.7. The van der Waals surface area contributed by atoms with Crippen molar-refractivity contribution in [3.63, 3.8) is 0 Å². The van der Waals surface area contributed by atoms with Gasteiger partial charge in [0.25, 0.3) is 0 Å². The van der Waals surface area contributed by atoms with Gasteiger partial charge in [-0.15, -0.1) is 0 Å². The molecule has 4 rings (SSSR count). The van der Waals surface area contributed by atoms with E-state index in [1.54, 1.807) is 54.8 Å². The van der Waals surface area contributed by atoms with Crippen LogP contribution >= 0.6 is 0 Å².